The molecular formula is C21H24N4O2S2. The van der Waals surface area contributed by atoms with Crippen molar-refractivity contribution in [1.82, 2.24) is 14.8 Å². The van der Waals surface area contributed by atoms with Crippen LogP contribution in [0.3, 0.4) is 0 Å². The van der Waals surface area contributed by atoms with Gasteiger partial charge in [0.2, 0.25) is 0 Å². The van der Waals surface area contributed by atoms with Crippen molar-refractivity contribution in [3.8, 4) is 5.75 Å². The number of carbonyl (C=O) groups excluding carboxylic acids is 1. The molecule has 3 aromatic rings. The molecule has 0 atom stereocenters. The number of thioether (sulfide) groups is 2. The number of nitrogens with one attached hydrogen (secondary N) is 1. The number of fused-ring (bicyclic) bond motifs is 1. The average molecular weight is 429 g/mol. The van der Waals surface area contributed by atoms with Crippen molar-refractivity contribution in [3.05, 3.63) is 48.3 Å². The number of carbonyl (C=O) groups is 1. The van der Waals surface area contributed by atoms with Crippen LogP contribution < -0.4 is 10.1 Å². The van der Waals surface area contributed by atoms with Gasteiger partial charge in [-0.1, -0.05) is 12.1 Å². The number of aromatic nitrogens is 3. The minimum absolute atomic E-state index is 0.0461. The molecule has 1 aromatic carbocycles. The molecule has 3 heterocycles. The first kappa shape index (κ1) is 20.1. The molecule has 8 heteroatoms. The number of ether oxygens (including phenoxy) is 1. The van der Waals surface area contributed by atoms with Crippen LogP contribution in [0.15, 0.2) is 42.7 Å². The zero-order valence-electron chi connectivity index (χ0n) is 16.5. The normalized spacial score (nSPS) is 15.0. The van der Waals surface area contributed by atoms with Gasteiger partial charge in [-0.15, -0.1) is 23.5 Å². The van der Waals surface area contributed by atoms with E-state index in [1.807, 2.05) is 46.4 Å². The Morgan fingerprint density at radius 1 is 1.24 bits per heavy atom. The minimum atomic E-state index is -0.218. The lowest BCUT2D eigenvalue weighted by molar-refractivity contribution is -0.118. The highest BCUT2D eigenvalue weighted by Gasteiger charge is 2.16. The van der Waals surface area contributed by atoms with Gasteiger partial charge in [0.1, 0.15) is 5.75 Å². The van der Waals surface area contributed by atoms with E-state index >= 15 is 0 Å². The van der Waals surface area contributed by atoms with Gasteiger partial charge in [-0.05, 0) is 55.5 Å². The summed E-state index contributed by atoms with van der Waals surface area (Å²) < 4.78 is 8.01. The molecule has 1 N–H and O–H groups in total. The average Bonchev–Trinajstić information content (AvgIpc) is 3.17. The van der Waals surface area contributed by atoms with E-state index in [0.717, 1.165) is 11.0 Å². The Balaban J connectivity index is 1.32. The van der Waals surface area contributed by atoms with E-state index in [1.54, 1.807) is 12.4 Å². The zero-order valence-corrected chi connectivity index (χ0v) is 18.1. The second kappa shape index (κ2) is 9.09. The molecule has 1 aliphatic rings. The van der Waals surface area contributed by atoms with E-state index in [9.17, 15) is 4.79 Å². The maximum Gasteiger partial charge on any atom is 0.262 e. The van der Waals surface area contributed by atoms with Gasteiger partial charge in [-0.3, -0.25) is 4.79 Å². The van der Waals surface area contributed by atoms with Crippen molar-refractivity contribution in [3.63, 3.8) is 0 Å². The largest absolute Gasteiger partial charge is 0.484 e. The van der Waals surface area contributed by atoms with Crippen LogP contribution in [0.25, 0.3) is 11.0 Å². The molecule has 6 nitrogen and oxygen atoms in total. The van der Waals surface area contributed by atoms with Gasteiger partial charge in [0.15, 0.2) is 12.3 Å². The maximum atomic E-state index is 12.3. The number of pyridine rings is 1. The molecule has 0 radical (unpaired) electrons. The van der Waals surface area contributed by atoms with Gasteiger partial charge in [0, 0.05) is 11.4 Å². The number of hydrogen-bond acceptors (Lipinski definition) is 6. The summed E-state index contributed by atoms with van der Waals surface area (Å²) in [6.07, 6.45) is 4.69. The molecule has 1 saturated heterocycles. The Morgan fingerprint density at radius 3 is 2.72 bits per heavy atom. The molecule has 1 amide bonds. The van der Waals surface area contributed by atoms with E-state index in [1.165, 1.54) is 23.5 Å². The van der Waals surface area contributed by atoms with Crippen LogP contribution in [0.4, 0.5) is 5.69 Å². The number of nitrogens with zero attached hydrogens (tertiary/aromatic N) is 3. The van der Waals surface area contributed by atoms with Gasteiger partial charge in [-0.2, -0.15) is 5.10 Å². The van der Waals surface area contributed by atoms with Crippen LogP contribution in [0.5, 0.6) is 5.75 Å². The van der Waals surface area contributed by atoms with E-state index in [2.05, 4.69) is 41.4 Å². The van der Waals surface area contributed by atoms with Crippen molar-refractivity contribution >= 4 is 46.2 Å². The summed E-state index contributed by atoms with van der Waals surface area (Å²) in [5, 5.41) is 8.08. The zero-order chi connectivity index (χ0) is 20.2. The number of amides is 1. The minimum Gasteiger partial charge on any atom is -0.484 e. The summed E-state index contributed by atoms with van der Waals surface area (Å²) in [6, 6.07) is 10.2. The van der Waals surface area contributed by atoms with Gasteiger partial charge >= 0.3 is 0 Å². The Hall–Kier alpha value is -2.19. The van der Waals surface area contributed by atoms with Gasteiger partial charge < -0.3 is 10.1 Å². The lowest BCUT2D eigenvalue weighted by Crippen LogP contribution is -2.20. The third-order valence-corrected chi connectivity index (χ3v) is 7.57. The monoisotopic (exact) mass is 428 g/mol. The molecule has 4 rings (SSSR count). The summed E-state index contributed by atoms with van der Waals surface area (Å²) in [7, 11) is 0. The second-order valence-electron chi connectivity index (χ2n) is 7.15. The Bertz CT molecular complexity index is 982. The fourth-order valence-corrected chi connectivity index (χ4v) is 6.03. The van der Waals surface area contributed by atoms with Gasteiger partial charge in [0.25, 0.3) is 5.91 Å². The summed E-state index contributed by atoms with van der Waals surface area (Å²) >= 11 is 3.98. The Kier molecular flexibility index (Phi) is 6.30. The number of benzene rings is 1. The molecule has 1 aliphatic heterocycles. The van der Waals surface area contributed by atoms with E-state index in [4.69, 9.17) is 4.74 Å². The quantitative estimate of drug-likeness (QED) is 0.602. The van der Waals surface area contributed by atoms with Crippen LogP contribution in [0, 0.1) is 0 Å². The number of rotatable bonds is 6. The van der Waals surface area contributed by atoms with Crippen LogP contribution in [0.2, 0.25) is 0 Å². The number of hydrogen-bond donors (Lipinski definition) is 1. The summed E-state index contributed by atoms with van der Waals surface area (Å²) in [6.45, 7) is 4.07. The Morgan fingerprint density at radius 2 is 2.00 bits per heavy atom. The van der Waals surface area contributed by atoms with Crippen molar-refractivity contribution < 1.29 is 9.53 Å². The SMILES string of the molecule is CC(C)n1ncc2cc(NC(=O)COc3ccc(C4SCCCS4)cc3)cnc21. The van der Waals surface area contributed by atoms with Gasteiger partial charge in [-0.25, -0.2) is 9.67 Å². The predicted molar refractivity (Wildman–Crippen MR) is 121 cm³/mol. The topological polar surface area (TPSA) is 69.0 Å². The number of anilines is 1. The summed E-state index contributed by atoms with van der Waals surface area (Å²) in [5.74, 6) is 2.91. The third-order valence-electron chi connectivity index (χ3n) is 4.56. The molecule has 0 spiro atoms. The molecule has 0 saturated carbocycles. The van der Waals surface area contributed by atoms with Crippen LogP contribution in [-0.2, 0) is 4.79 Å². The van der Waals surface area contributed by atoms with E-state index in [-0.39, 0.29) is 18.6 Å². The molecule has 1 fully saturated rings. The van der Waals surface area contributed by atoms with Crippen LogP contribution in [0.1, 0.15) is 36.5 Å². The predicted octanol–water partition coefficient (Wildman–Crippen LogP) is 4.90. The first-order valence-corrected chi connectivity index (χ1v) is 11.8. The Labute approximate surface area is 178 Å². The maximum absolute atomic E-state index is 12.3. The summed E-state index contributed by atoms with van der Waals surface area (Å²) in [5.41, 5.74) is 2.75. The summed E-state index contributed by atoms with van der Waals surface area (Å²) in [4.78, 5) is 16.7. The third kappa shape index (κ3) is 4.87. The highest BCUT2D eigenvalue weighted by Crippen LogP contribution is 2.43. The molecule has 29 heavy (non-hydrogen) atoms. The first-order valence-electron chi connectivity index (χ1n) is 9.69. The van der Waals surface area contributed by atoms with E-state index in [0.29, 0.717) is 16.0 Å². The molecular weight excluding hydrogens is 404 g/mol. The van der Waals surface area contributed by atoms with E-state index < -0.39 is 0 Å². The van der Waals surface area contributed by atoms with Crippen molar-refractivity contribution in [2.45, 2.75) is 30.9 Å². The smallest absolute Gasteiger partial charge is 0.262 e. The molecule has 0 unspecified atom stereocenters. The van der Waals surface area contributed by atoms with Crippen molar-refractivity contribution in [2.24, 2.45) is 0 Å². The molecule has 0 bridgehead atoms. The molecule has 152 valence electrons. The first-order chi connectivity index (χ1) is 14.1. The van der Waals surface area contributed by atoms with Crippen molar-refractivity contribution in [1.29, 1.82) is 0 Å². The fraction of sp³-hybridized carbons (Fsp3) is 0.381. The van der Waals surface area contributed by atoms with Crippen molar-refractivity contribution in [2.75, 3.05) is 23.4 Å². The van der Waals surface area contributed by atoms with Gasteiger partial charge in [0.05, 0.1) is 22.7 Å². The second-order valence-corrected chi connectivity index (χ2v) is 9.88. The van der Waals surface area contributed by atoms with Crippen LogP contribution in [-0.4, -0.2) is 38.8 Å². The molecule has 2 aromatic heterocycles. The van der Waals surface area contributed by atoms with Crippen LogP contribution >= 0.6 is 23.5 Å². The lowest BCUT2D eigenvalue weighted by Gasteiger charge is -2.21. The standard InChI is InChI=1S/C21H24N4O2S2/c1-14(2)25-20-16(11-23-25)10-17(12-22-20)24-19(26)13-27-18-6-4-15(5-7-18)21-28-8-3-9-29-21/h4-7,10-12,14,21H,3,8-9,13H2,1-2H3,(H,24,26). The fourth-order valence-electron chi connectivity index (χ4n) is 3.13. The lowest BCUT2D eigenvalue weighted by atomic mass is 10.2. The highest BCUT2D eigenvalue weighted by molar-refractivity contribution is 8.16. The highest BCUT2D eigenvalue weighted by atomic mass is 32.2. The molecule has 0 aliphatic carbocycles.